The molecule has 0 spiro atoms. The van der Waals surface area contributed by atoms with Crippen molar-refractivity contribution < 1.29 is 9.53 Å². The smallest absolute Gasteiger partial charge is 0.257 e. The summed E-state index contributed by atoms with van der Waals surface area (Å²) in [6.45, 7) is 6.03. The van der Waals surface area contributed by atoms with Gasteiger partial charge in [-0.1, -0.05) is 36.4 Å². The Balaban J connectivity index is 1.93. The fraction of sp³-hybridized carbons (Fsp3) is 0.346. The molecule has 0 unspecified atom stereocenters. The van der Waals surface area contributed by atoms with Crippen LogP contribution in [-0.2, 0) is 24.1 Å². The van der Waals surface area contributed by atoms with E-state index in [-0.39, 0.29) is 16.9 Å². The molecule has 3 rings (SSSR count). The lowest BCUT2D eigenvalue weighted by Gasteiger charge is -2.20. The Morgan fingerprint density at radius 1 is 1.09 bits per heavy atom. The Kier molecular flexibility index (Phi) is 8.75. The maximum absolute atomic E-state index is 13.1. The highest BCUT2D eigenvalue weighted by atomic mass is 16.5. The predicted molar refractivity (Wildman–Crippen MR) is 126 cm³/mol. The SMILES string of the molecule is CCOCCCNC(=O)c1c(CCc2ccccc2)n(Cc2ccccn2)c(C)cc1=O. The van der Waals surface area contributed by atoms with Crippen molar-refractivity contribution in [3.05, 3.63) is 99.2 Å². The third kappa shape index (κ3) is 6.37. The molecule has 0 aliphatic carbocycles. The number of nitrogens with zero attached hydrogens (tertiary/aromatic N) is 2. The van der Waals surface area contributed by atoms with Gasteiger partial charge < -0.3 is 14.6 Å². The van der Waals surface area contributed by atoms with Crippen LogP contribution in [0.3, 0.4) is 0 Å². The highest BCUT2D eigenvalue weighted by Crippen LogP contribution is 2.15. The number of amides is 1. The van der Waals surface area contributed by atoms with E-state index in [2.05, 4.69) is 22.4 Å². The molecule has 0 aliphatic heterocycles. The summed E-state index contributed by atoms with van der Waals surface area (Å²) in [6, 6.07) is 17.4. The summed E-state index contributed by atoms with van der Waals surface area (Å²) in [5.74, 6) is -0.329. The minimum atomic E-state index is -0.329. The molecule has 0 radical (unpaired) electrons. The second kappa shape index (κ2) is 12.0. The van der Waals surface area contributed by atoms with Crippen LogP contribution in [0, 0.1) is 6.92 Å². The number of ether oxygens (including phenoxy) is 1. The number of rotatable bonds is 11. The van der Waals surface area contributed by atoms with Gasteiger partial charge in [0.2, 0.25) is 0 Å². The fourth-order valence-corrected chi connectivity index (χ4v) is 3.72. The number of pyridine rings is 2. The average Bonchev–Trinajstić information content (AvgIpc) is 2.80. The molecule has 0 aliphatic rings. The molecule has 6 heteroatoms. The first kappa shape index (κ1) is 23.4. The molecule has 168 valence electrons. The highest BCUT2D eigenvalue weighted by Gasteiger charge is 2.20. The van der Waals surface area contributed by atoms with Crippen molar-refractivity contribution >= 4 is 5.91 Å². The van der Waals surface area contributed by atoms with Crippen molar-refractivity contribution in [1.82, 2.24) is 14.9 Å². The summed E-state index contributed by atoms with van der Waals surface area (Å²) in [7, 11) is 0. The molecule has 0 saturated carbocycles. The fourth-order valence-electron chi connectivity index (χ4n) is 3.72. The van der Waals surface area contributed by atoms with Gasteiger partial charge in [0.25, 0.3) is 5.91 Å². The van der Waals surface area contributed by atoms with Crippen molar-refractivity contribution in [3.63, 3.8) is 0 Å². The quantitative estimate of drug-likeness (QED) is 0.470. The predicted octanol–water partition coefficient (Wildman–Crippen LogP) is 3.54. The van der Waals surface area contributed by atoms with Gasteiger partial charge in [-0.15, -0.1) is 0 Å². The summed E-state index contributed by atoms with van der Waals surface area (Å²) in [6.07, 6.45) is 3.77. The monoisotopic (exact) mass is 433 g/mol. The molecule has 2 heterocycles. The number of carbonyl (C=O) groups is 1. The van der Waals surface area contributed by atoms with Crippen molar-refractivity contribution in [1.29, 1.82) is 0 Å². The normalized spacial score (nSPS) is 10.8. The minimum absolute atomic E-state index is 0.221. The molecule has 6 nitrogen and oxygen atoms in total. The molecule has 1 aromatic carbocycles. The van der Waals surface area contributed by atoms with Crippen molar-refractivity contribution in [2.45, 2.75) is 39.7 Å². The first-order chi connectivity index (χ1) is 15.6. The van der Waals surface area contributed by atoms with E-state index in [1.165, 1.54) is 0 Å². The van der Waals surface area contributed by atoms with Crippen LogP contribution < -0.4 is 10.7 Å². The van der Waals surface area contributed by atoms with Gasteiger partial charge in [-0.25, -0.2) is 0 Å². The van der Waals surface area contributed by atoms with Gasteiger partial charge in [0.1, 0.15) is 5.56 Å². The van der Waals surface area contributed by atoms with E-state index in [1.807, 2.05) is 54.8 Å². The largest absolute Gasteiger partial charge is 0.382 e. The second-order valence-corrected chi connectivity index (χ2v) is 7.67. The van der Waals surface area contributed by atoms with E-state index < -0.39 is 0 Å². The van der Waals surface area contributed by atoms with Crippen LogP contribution in [0.15, 0.2) is 65.6 Å². The zero-order chi connectivity index (χ0) is 22.8. The number of aromatic nitrogens is 2. The van der Waals surface area contributed by atoms with Crippen LogP contribution >= 0.6 is 0 Å². The number of aryl methyl sites for hydroxylation is 2. The number of hydrogen-bond acceptors (Lipinski definition) is 4. The molecule has 0 atom stereocenters. The van der Waals surface area contributed by atoms with Gasteiger partial charge in [0, 0.05) is 43.4 Å². The summed E-state index contributed by atoms with van der Waals surface area (Å²) in [5.41, 5.74) is 3.57. The Bertz CT molecular complexity index is 1060. The number of nitrogens with one attached hydrogen (secondary N) is 1. The molecular formula is C26H31N3O3. The molecule has 0 fully saturated rings. The molecule has 32 heavy (non-hydrogen) atoms. The standard InChI is InChI=1S/C26H31N3O3/c1-3-32-17-9-16-28-26(31)25-23(14-13-21-10-5-4-6-11-21)29(20(2)18-24(25)30)19-22-12-7-8-15-27-22/h4-8,10-12,15,18H,3,9,13-14,16-17,19H2,1-2H3,(H,28,31). The molecule has 0 bridgehead atoms. The van der Waals surface area contributed by atoms with Gasteiger partial charge in [0.05, 0.1) is 12.2 Å². The first-order valence-corrected chi connectivity index (χ1v) is 11.1. The lowest BCUT2D eigenvalue weighted by atomic mass is 10.0. The van der Waals surface area contributed by atoms with E-state index in [1.54, 1.807) is 12.3 Å². The maximum Gasteiger partial charge on any atom is 0.257 e. The Morgan fingerprint density at radius 2 is 1.88 bits per heavy atom. The molecule has 0 saturated heterocycles. The molecular weight excluding hydrogens is 402 g/mol. The van der Waals surface area contributed by atoms with Crippen molar-refractivity contribution in [2.75, 3.05) is 19.8 Å². The van der Waals surface area contributed by atoms with Gasteiger partial charge in [-0.2, -0.15) is 0 Å². The average molecular weight is 434 g/mol. The van der Waals surface area contributed by atoms with Gasteiger partial charge in [0.15, 0.2) is 5.43 Å². The summed E-state index contributed by atoms with van der Waals surface area (Å²) in [4.78, 5) is 30.4. The van der Waals surface area contributed by atoms with Crippen molar-refractivity contribution in [2.24, 2.45) is 0 Å². The van der Waals surface area contributed by atoms with E-state index >= 15 is 0 Å². The summed E-state index contributed by atoms with van der Waals surface area (Å²) >= 11 is 0. The van der Waals surface area contributed by atoms with E-state index in [0.29, 0.717) is 39.1 Å². The van der Waals surface area contributed by atoms with E-state index in [9.17, 15) is 9.59 Å². The van der Waals surface area contributed by atoms with Gasteiger partial charge >= 0.3 is 0 Å². The van der Waals surface area contributed by atoms with Crippen LogP contribution in [0.5, 0.6) is 0 Å². The second-order valence-electron chi connectivity index (χ2n) is 7.67. The lowest BCUT2D eigenvalue weighted by Crippen LogP contribution is -2.34. The van der Waals surface area contributed by atoms with Gasteiger partial charge in [-0.05, 0) is 50.8 Å². The van der Waals surface area contributed by atoms with E-state index in [0.717, 1.165) is 29.1 Å². The molecule has 2 aromatic heterocycles. The third-order valence-electron chi connectivity index (χ3n) is 5.35. The Labute approximate surface area is 189 Å². The first-order valence-electron chi connectivity index (χ1n) is 11.1. The number of carbonyl (C=O) groups excluding carboxylic acids is 1. The molecule has 3 aromatic rings. The zero-order valence-electron chi connectivity index (χ0n) is 18.8. The van der Waals surface area contributed by atoms with Gasteiger partial charge in [-0.3, -0.25) is 14.6 Å². The maximum atomic E-state index is 13.1. The number of hydrogen-bond donors (Lipinski definition) is 1. The van der Waals surface area contributed by atoms with Crippen molar-refractivity contribution in [3.8, 4) is 0 Å². The minimum Gasteiger partial charge on any atom is -0.382 e. The zero-order valence-corrected chi connectivity index (χ0v) is 18.8. The van der Waals surface area contributed by atoms with Crippen LogP contribution in [0.2, 0.25) is 0 Å². The Hall–Kier alpha value is -3.25. The third-order valence-corrected chi connectivity index (χ3v) is 5.35. The lowest BCUT2D eigenvalue weighted by molar-refractivity contribution is 0.0941. The molecule has 1 N–H and O–H groups in total. The summed E-state index contributed by atoms with van der Waals surface area (Å²) < 4.78 is 7.38. The van der Waals surface area contributed by atoms with Crippen LogP contribution in [0.4, 0.5) is 0 Å². The summed E-state index contributed by atoms with van der Waals surface area (Å²) in [5, 5.41) is 2.90. The topological polar surface area (TPSA) is 73.2 Å². The van der Waals surface area contributed by atoms with Crippen LogP contribution in [0.25, 0.3) is 0 Å². The molecule has 1 amide bonds. The van der Waals surface area contributed by atoms with Crippen LogP contribution in [0.1, 0.15) is 46.3 Å². The van der Waals surface area contributed by atoms with Crippen LogP contribution in [-0.4, -0.2) is 35.2 Å². The number of benzene rings is 1. The van der Waals surface area contributed by atoms with E-state index in [4.69, 9.17) is 4.74 Å². The highest BCUT2D eigenvalue weighted by molar-refractivity contribution is 5.95. The Morgan fingerprint density at radius 3 is 2.59 bits per heavy atom.